The summed E-state index contributed by atoms with van der Waals surface area (Å²) in [6.45, 7) is 1.97. The number of piperidine rings is 1. The fourth-order valence-corrected chi connectivity index (χ4v) is 5.77. The number of nitrogens with zero attached hydrogens (tertiary/aromatic N) is 5. The highest BCUT2D eigenvalue weighted by Gasteiger charge is 2.33. The van der Waals surface area contributed by atoms with Crippen molar-refractivity contribution < 1.29 is 32.7 Å². The molecule has 2 amide bonds. The van der Waals surface area contributed by atoms with E-state index in [1.807, 2.05) is 12.1 Å². The highest BCUT2D eigenvalue weighted by Crippen LogP contribution is 2.35. The van der Waals surface area contributed by atoms with Gasteiger partial charge in [0.25, 0.3) is 11.8 Å². The van der Waals surface area contributed by atoms with E-state index in [9.17, 15) is 27.6 Å². The summed E-state index contributed by atoms with van der Waals surface area (Å²) in [5, 5.41) is 23.3. The Bertz CT molecular complexity index is 1870. The number of hydrogen-bond acceptors (Lipinski definition) is 7. The molecule has 1 aliphatic rings. The van der Waals surface area contributed by atoms with E-state index in [-0.39, 0.29) is 23.2 Å². The molecule has 15 heteroatoms. The molecule has 0 atom stereocenters. The first-order valence-corrected chi connectivity index (χ1v) is 16.4. The summed E-state index contributed by atoms with van der Waals surface area (Å²) in [4.78, 5) is 39.8. The summed E-state index contributed by atoms with van der Waals surface area (Å²) < 4.78 is 41.5. The number of alkyl halides is 3. The van der Waals surface area contributed by atoms with Gasteiger partial charge in [0.1, 0.15) is 0 Å². The number of carboxylic acids is 1. The standard InChI is InChI=1S/C35H35ClF3N7O4/c36-30-13-11-23(18-29(30)35(37,38)39)20-40-43-34(50)28-19-27(45-15-4-1-5-16-45)12-14-31(28)41-33(49)25-8-6-7-24(17-25)21-46-22-26(42-44-46)9-2-3-10-32(47)48/h6-8,11-14,17-20,22H,1-5,9-10,15-16,21H2,(H,41,49)(H,43,50)(H,47,48)/b40-20+. The van der Waals surface area contributed by atoms with Crippen LogP contribution in [0.3, 0.4) is 0 Å². The molecule has 0 spiro atoms. The van der Waals surface area contributed by atoms with Gasteiger partial charge in [-0.2, -0.15) is 18.3 Å². The van der Waals surface area contributed by atoms with E-state index in [1.54, 1.807) is 41.2 Å². The van der Waals surface area contributed by atoms with Crippen LogP contribution in [0.2, 0.25) is 5.02 Å². The third-order valence-electron chi connectivity index (χ3n) is 8.09. The lowest BCUT2D eigenvalue weighted by Crippen LogP contribution is -2.30. The van der Waals surface area contributed by atoms with Gasteiger partial charge in [-0.15, -0.1) is 5.10 Å². The van der Waals surface area contributed by atoms with Crippen molar-refractivity contribution in [3.8, 4) is 0 Å². The number of rotatable bonds is 13. The molecule has 0 saturated carbocycles. The van der Waals surface area contributed by atoms with Gasteiger partial charge in [0, 0.05) is 37.0 Å². The van der Waals surface area contributed by atoms with Crippen molar-refractivity contribution in [2.24, 2.45) is 5.10 Å². The van der Waals surface area contributed by atoms with Gasteiger partial charge >= 0.3 is 12.1 Å². The lowest BCUT2D eigenvalue weighted by molar-refractivity contribution is -0.138. The van der Waals surface area contributed by atoms with Crippen LogP contribution in [0.1, 0.15) is 81.6 Å². The Morgan fingerprint density at radius 1 is 0.980 bits per heavy atom. The third-order valence-corrected chi connectivity index (χ3v) is 8.42. The summed E-state index contributed by atoms with van der Waals surface area (Å²) in [5.41, 5.74) is 4.43. The number of benzene rings is 3. The zero-order valence-electron chi connectivity index (χ0n) is 26.9. The average Bonchev–Trinajstić information content (AvgIpc) is 3.54. The minimum absolute atomic E-state index is 0.0790. The van der Waals surface area contributed by atoms with Crippen molar-refractivity contribution in [2.45, 2.75) is 57.7 Å². The van der Waals surface area contributed by atoms with E-state index in [0.29, 0.717) is 31.4 Å². The molecule has 50 heavy (non-hydrogen) atoms. The fourth-order valence-electron chi connectivity index (χ4n) is 5.55. The van der Waals surface area contributed by atoms with E-state index in [1.165, 1.54) is 6.07 Å². The first kappa shape index (κ1) is 36.1. The van der Waals surface area contributed by atoms with E-state index in [0.717, 1.165) is 67.6 Å². The van der Waals surface area contributed by atoms with Crippen LogP contribution in [0.25, 0.3) is 0 Å². The number of unbranched alkanes of at least 4 members (excludes halogenated alkanes) is 1. The zero-order chi connectivity index (χ0) is 35.7. The molecule has 0 unspecified atom stereocenters. The molecule has 4 aromatic rings. The maximum Gasteiger partial charge on any atom is 0.417 e. The predicted molar refractivity (Wildman–Crippen MR) is 183 cm³/mol. The smallest absolute Gasteiger partial charge is 0.417 e. The Morgan fingerprint density at radius 2 is 1.78 bits per heavy atom. The number of carbonyl (C=O) groups excluding carboxylic acids is 2. The number of aryl methyl sites for hydroxylation is 1. The number of hydrazone groups is 1. The molecular weight excluding hydrogens is 675 g/mol. The first-order chi connectivity index (χ1) is 24.0. The van der Waals surface area contributed by atoms with Crippen molar-refractivity contribution in [3.05, 3.63) is 105 Å². The number of nitrogens with one attached hydrogen (secondary N) is 2. The van der Waals surface area contributed by atoms with Crippen LogP contribution in [-0.2, 0) is 23.9 Å². The van der Waals surface area contributed by atoms with Crippen LogP contribution >= 0.6 is 11.6 Å². The second-order valence-corrected chi connectivity index (χ2v) is 12.3. The normalized spacial score (nSPS) is 13.4. The average molecular weight is 710 g/mol. The van der Waals surface area contributed by atoms with Crippen molar-refractivity contribution in [2.75, 3.05) is 23.3 Å². The number of carboxylic acid groups (broad SMARTS) is 1. The second-order valence-electron chi connectivity index (χ2n) is 11.9. The SMILES string of the molecule is O=C(O)CCCCc1cn(Cc2cccc(C(=O)Nc3ccc(N4CCCCC4)cc3C(=O)N/N=C/c3ccc(Cl)c(C(F)(F)F)c3)c2)nn1. The third kappa shape index (κ3) is 9.91. The molecule has 262 valence electrons. The molecule has 0 aliphatic carbocycles. The number of hydrogen-bond donors (Lipinski definition) is 3. The first-order valence-electron chi connectivity index (χ1n) is 16.1. The number of aromatic nitrogens is 3. The quantitative estimate of drug-likeness (QED) is 0.0788. The Morgan fingerprint density at radius 3 is 2.54 bits per heavy atom. The maximum absolute atomic E-state index is 13.5. The molecular formula is C35H35ClF3N7O4. The molecule has 1 aliphatic heterocycles. The van der Waals surface area contributed by atoms with Crippen LogP contribution in [0.4, 0.5) is 24.5 Å². The molecule has 3 aromatic carbocycles. The van der Waals surface area contributed by atoms with Gasteiger partial charge in [0.05, 0.1) is 40.3 Å². The maximum atomic E-state index is 13.5. The number of carbonyl (C=O) groups is 3. The largest absolute Gasteiger partial charge is 0.481 e. The van der Waals surface area contributed by atoms with Crippen LogP contribution in [0.15, 0.2) is 72.0 Å². The highest BCUT2D eigenvalue weighted by molar-refractivity contribution is 6.31. The lowest BCUT2D eigenvalue weighted by Gasteiger charge is -2.29. The van der Waals surface area contributed by atoms with Crippen molar-refractivity contribution in [3.63, 3.8) is 0 Å². The van der Waals surface area contributed by atoms with Crippen LogP contribution in [0, 0.1) is 0 Å². The Balaban J connectivity index is 1.30. The Labute approximate surface area is 291 Å². The molecule has 1 saturated heterocycles. The van der Waals surface area contributed by atoms with Crippen molar-refractivity contribution >= 4 is 47.0 Å². The van der Waals surface area contributed by atoms with Crippen LogP contribution in [-0.4, -0.2) is 57.2 Å². The van der Waals surface area contributed by atoms with Crippen LogP contribution in [0.5, 0.6) is 0 Å². The summed E-state index contributed by atoms with van der Waals surface area (Å²) in [6.07, 6.45) is 3.26. The van der Waals surface area contributed by atoms with Crippen LogP contribution < -0.4 is 15.6 Å². The summed E-state index contributed by atoms with van der Waals surface area (Å²) in [7, 11) is 0. The van der Waals surface area contributed by atoms with Gasteiger partial charge in [0.2, 0.25) is 0 Å². The van der Waals surface area contributed by atoms with Gasteiger partial charge in [-0.25, -0.2) is 10.1 Å². The van der Waals surface area contributed by atoms with E-state index in [4.69, 9.17) is 16.7 Å². The second kappa shape index (κ2) is 16.4. The van der Waals surface area contributed by atoms with Gasteiger partial charge in [-0.3, -0.25) is 14.4 Å². The van der Waals surface area contributed by atoms with Gasteiger partial charge < -0.3 is 15.3 Å². The Kier molecular flexibility index (Phi) is 11.9. The number of amides is 2. The monoisotopic (exact) mass is 709 g/mol. The highest BCUT2D eigenvalue weighted by atomic mass is 35.5. The summed E-state index contributed by atoms with van der Waals surface area (Å²) >= 11 is 5.71. The summed E-state index contributed by atoms with van der Waals surface area (Å²) in [5.74, 6) is -1.97. The number of anilines is 2. The van der Waals surface area contributed by atoms with E-state index < -0.39 is 34.5 Å². The molecule has 3 N–H and O–H groups in total. The zero-order valence-corrected chi connectivity index (χ0v) is 27.7. The fraction of sp³-hybridized carbons (Fsp3) is 0.314. The van der Waals surface area contributed by atoms with Crippen molar-refractivity contribution in [1.29, 1.82) is 0 Å². The van der Waals surface area contributed by atoms with Crippen molar-refractivity contribution in [1.82, 2.24) is 20.4 Å². The number of aliphatic carboxylic acids is 1. The predicted octanol–water partition coefficient (Wildman–Crippen LogP) is 6.80. The van der Waals surface area contributed by atoms with Gasteiger partial charge in [-0.05, 0) is 92.1 Å². The molecule has 2 heterocycles. The molecule has 1 aromatic heterocycles. The molecule has 1 fully saturated rings. The molecule has 5 rings (SSSR count). The van der Waals surface area contributed by atoms with E-state index in [2.05, 4.69) is 31.1 Å². The molecule has 0 radical (unpaired) electrons. The minimum atomic E-state index is -4.66. The van der Waals surface area contributed by atoms with Gasteiger partial charge in [0.15, 0.2) is 0 Å². The number of halogens is 4. The Hall–Kier alpha value is -5.24. The summed E-state index contributed by atoms with van der Waals surface area (Å²) in [6, 6.07) is 15.3. The lowest BCUT2D eigenvalue weighted by atomic mass is 10.1. The minimum Gasteiger partial charge on any atom is -0.481 e. The topological polar surface area (TPSA) is 142 Å². The molecule has 11 nitrogen and oxygen atoms in total. The van der Waals surface area contributed by atoms with Gasteiger partial charge in [-0.1, -0.05) is 35.0 Å². The molecule has 0 bridgehead atoms. The van der Waals surface area contributed by atoms with E-state index >= 15 is 0 Å².